The molecule has 4 rings (SSSR count). The Labute approximate surface area is 178 Å². The Morgan fingerprint density at radius 3 is 2.61 bits per heavy atom. The van der Waals surface area contributed by atoms with E-state index in [-0.39, 0.29) is 18.3 Å². The number of carbonyl (C=O) groups excluding carboxylic acids is 2. The predicted octanol–water partition coefficient (Wildman–Crippen LogP) is 3.36. The summed E-state index contributed by atoms with van der Waals surface area (Å²) >= 11 is 0. The zero-order valence-corrected chi connectivity index (χ0v) is 17.1. The molecule has 0 saturated carbocycles. The van der Waals surface area contributed by atoms with Crippen molar-refractivity contribution in [3.63, 3.8) is 0 Å². The summed E-state index contributed by atoms with van der Waals surface area (Å²) < 4.78 is 10.2. The number of fused-ring (bicyclic) bond motifs is 1. The molecule has 0 aliphatic rings. The number of rotatable bonds is 6. The van der Waals surface area contributed by atoms with Gasteiger partial charge in [-0.1, -0.05) is 35.5 Å². The van der Waals surface area contributed by atoms with Crippen molar-refractivity contribution in [2.24, 2.45) is 0 Å². The van der Waals surface area contributed by atoms with Crippen molar-refractivity contribution in [3.05, 3.63) is 77.7 Å². The van der Waals surface area contributed by atoms with Crippen LogP contribution in [0.3, 0.4) is 0 Å². The highest BCUT2D eigenvalue weighted by atomic mass is 16.5. The number of nitrogens with zero attached hydrogens (tertiary/aromatic N) is 1. The minimum atomic E-state index is -0.805. The summed E-state index contributed by atoms with van der Waals surface area (Å²) in [6.07, 6.45) is 1.93. The second-order valence-electron chi connectivity index (χ2n) is 7.10. The number of anilines is 1. The Kier molecular flexibility index (Phi) is 5.70. The van der Waals surface area contributed by atoms with Crippen LogP contribution >= 0.6 is 0 Å². The Morgan fingerprint density at radius 2 is 1.90 bits per heavy atom. The molecular formula is C23H22N4O4. The molecule has 4 aromatic rings. The normalized spacial score (nSPS) is 11.8. The first-order chi connectivity index (χ1) is 15.0. The Morgan fingerprint density at radius 1 is 1.13 bits per heavy atom. The molecule has 31 heavy (non-hydrogen) atoms. The van der Waals surface area contributed by atoms with Crippen LogP contribution in [0.4, 0.5) is 5.82 Å². The number of aryl methyl sites for hydroxylation is 1. The van der Waals surface area contributed by atoms with Gasteiger partial charge >= 0.3 is 11.8 Å². The molecule has 0 saturated heterocycles. The molecule has 0 bridgehead atoms. The number of hydrogen-bond donors (Lipinski definition) is 3. The van der Waals surface area contributed by atoms with Crippen molar-refractivity contribution in [1.82, 2.24) is 15.5 Å². The average Bonchev–Trinajstić information content (AvgIpc) is 3.40. The van der Waals surface area contributed by atoms with E-state index >= 15 is 0 Å². The molecule has 3 N–H and O–H groups in total. The number of ether oxygens (including phenoxy) is 1. The molecule has 2 amide bonds. The Bertz CT molecular complexity index is 1210. The highest BCUT2D eigenvalue weighted by Gasteiger charge is 2.22. The number of carbonyl (C=O) groups is 2. The van der Waals surface area contributed by atoms with E-state index in [1.54, 1.807) is 14.0 Å². The van der Waals surface area contributed by atoms with Crippen LogP contribution in [0.25, 0.3) is 10.9 Å². The molecule has 0 fully saturated rings. The topological polar surface area (TPSA) is 109 Å². The van der Waals surface area contributed by atoms with E-state index < -0.39 is 11.8 Å². The summed E-state index contributed by atoms with van der Waals surface area (Å²) in [6.45, 7) is 1.93. The summed E-state index contributed by atoms with van der Waals surface area (Å²) in [7, 11) is 1.61. The Hall–Kier alpha value is -4.07. The van der Waals surface area contributed by atoms with E-state index in [0.29, 0.717) is 5.76 Å². The van der Waals surface area contributed by atoms with Gasteiger partial charge in [-0.3, -0.25) is 14.9 Å². The average molecular weight is 418 g/mol. The number of methoxy groups -OCH3 is 1. The fraction of sp³-hybridized carbons (Fsp3) is 0.174. The lowest BCUT2D eigenvalue weighted by atomic mass is 9.90. The maximum atomic E-state index is 12.4. The van der Waals surface area contributed by atoms with Gasteiger partial charge < -0.3 is 19.6 Å². The van der Waals surface area contributed by atoms with Gasteiger partial charge in [0, 0.05) is 35.6 Å². The van der Waals surface area contributed by atoms with E-state index in [0.717, 1.165) is 27.8 Å². The standard InChI is InChI=1S/C23H22N4O4/c1-14-11-21(27-31-14)26-23(29)22(28)25-12-18(15-7-9-16(30-2)10-8-15)19-13-24-20-6-4-3-5-17(19)20/h3-11,13,18,24H,12H2,1-2H3,(H,25,28)(H,26,27,29)/t18-/m1/s1. The molecule has 0 spiro atoms. The molecule has 0 aliphatic carbocycles. The molecule has 2 aromatic carbocycles. The third kappa shape index (κ3) is 4.42. The first kappa shape index (κ1) is 20.2. The van der Waals surface area contributed by atoms with Gasteiger partial charge in [-0.15, -0.1) is 0 Å². The van der Waals surface area contributed by atoms with E-state index in [9.17, 15) is 9.59 Å². The number of amides is 2. The number of aromatic nitrogens is 2. The molecule has 0 radical (unpaired) electrons. The summed E-state index contributed by atoms with van der Waals surface area (Å²) in [5.41, 5.74) is 3.01. The second kappa shape index (κ2) is 8.74. The number of nitrogens with one attached hydrogen (secondary N) is 3. The number of benzene rings is 2. The lowest BCUT2D eigenvalue weighted by Crippen LogP contribution is -2.37. The van der Waals surface area contributed by atoms with Crippen molar-refractivity contribution in [3.8, 4) is 5.75 Å². The molecule has 158 valence electrons. The van der Waals surface area contributed by atoms with Gasteiger partial charge in [-0.05, 0) is 36.2 Å². The van der Waals surface area contributed by atoms with Crippen LogP contribution in [0.2, 0.25) is 0 Å². The van der Waals surface area contributed by atoms with Crippen molar-refractivity contribution in [2.75, 3.05) is 19.0 Å². The fourth-order valence-electron chi connectivity index (χ4n) is 3.50. The third-order valence-electron chi connectivity index (χ3n) is 5.06. The summed E-state index contributed by atoms with van der Waals surface area (Å²) in [4.78, 5) is 27.9. The van der Waals surface area contributed by atoms with Crippen molar-refractivity contribution in [1.29, 1.82) is 0 Å². The van der Waals surface area contributed by atoms with Crippen molar-refractivity contribution in [2.45, 2.75) is 12.8 Å². The fourth-order valence-corrected chi connectivity index (χ4v) is 3.50. The van der Waals surface area contributed by atoms with E-state index in [1.807, 2.05) is 54.7 Å². The minimum Gasteiger partial charge on any atom is -0.497 e. The summed E-state index contributed by atoms with van der Waals surface area (Å²) in [5, 5.41) is 9.89. The highest BCUT2D eigenvalue weighted by Crippen LogP contribution is 2.31. The number of hydrogen-bond acceptors (Lipinski definition) is 5. The smallest absolute Gasteiger partial charge is 0.314 e. The molecule has 1 atom stereocenters. The van der Waals surface area contributed by atoms with Crippen LogP contribution in [0, 0.1) is 6.92 Å². The molecule has 0 aliphatic heterocycles. The molecule has 8 nitrogen and oxygen atoms in total. The van der Waals surface area contributed by atoms with Gasteiger partial charge in [0.25, 0.3) is 0 Å². The summed E-state index contributed by atoms with van der Waals surface area (Å²) in [5.74, 6) is -0.254. The minimum absolute atomic E-state index is 0.173. The van der Waals surface area contributed by atoms with Crippen LogP contribution in [-0.2, 0) is 9.59 Å². The van der Waals surface area contributed by atoms with E-state index in [4.69, 9.17) is 9.26 Å². The van der Waals surface area contributed by atoms with E-state index in [1.165, 1.54) is 6.07 Å². The lowest BCUT2D eigenvalue weighted by Gasteiger charge is -2.18. The van der Waals surface area contributed by atoms with Gasteiger partial charge in [0.05, 0.1) is 7.11 Å². The van der Waals surface area contributed by atoms with Gasteiger partial charge in [0.1, 0.15) is 11.5 Å². The van der Waals surface area contributed by atoms with Crippen LogP contribution < -0.4 is 15.4 Å². The summed E-state index contributed by atoms with van der Waals surface area (Å²) in [6, 6.07) is 17.1. The zero-order chi connectivity index (χ0) is 21.8. The van der Waals surface area contributed by atoms with Crippen molar-refractivity contribution >= 4 is 28.5 Å². The molecule has 8 heteroatoms. The Balaban J connectivity index is 1.55. The van der Waals surface area contributed by atoms with Gasteiger partial charge in [0.2, 0.25) is 0 Å². The van der Waals surface area contributed by atoms with Gasteiger partial charge in [-0.25, -0.2) is 0 Å². The molecule has 2 aromatic heterocycles. The number of para-hydroxylation sites is 1. The zero-order valence-electron chi connectivity index (χ0n) is 17.1. The first-order valence-electron chi connectivity index (χ1n) is 9.77. The SMILES string of the molecule is COc1ccc([C@@H](CNC(=O)C(=O)Nc2cc(C)on2)c2c[nH]c3ccccc23)cc1. The molecule has 2 heterocycles. The van der Waals surface area contributed by atoms with Crippen LogP contribution in [-0.4, -0.2) is 35.6 Å². The third-order valence-corrected chi connectivity index (χ3v) is 5.06. The van der Waals surface area contributed by atoms with E-state index in [2.05, 4.69) is 20.8 Å². The second-order valence-corrected chi connectivity index (χ2v) is 7.10. The van der Waals surface area contributed by atoms with Crippen molar-refractivity contribution < 1.29 is 18.8 Å². The van der Waals surface area contributed by atoms with Gasteiger partial charge in [0.15, 0.2) is 5.82 Å². The number of H-pyrrole nitrogens is 1. The maximum Gasteiger partial charge on any atom is 0.314 e. The van der Waals surface area contributed by atoms with Crippen LogP contribution in [0.5, 0.6) is 5.75 Å². The largest absolute Gasteiger partial charge is 0.497 e. The predicted molar refractivity (Wildman–Crippen MR) is 116 cm³/mol. The number of aromatic amines is 1. The molecular weight excluding hydrogens is 396 g/mol. The van der Waals surface area contributed by atoms with Crippen LogP contribution in [0.15, 0.2) is 65.3 Å². The van der Waals surface area contributed by atoms with Crippen LogP contribution in [0.1, 0.15) is 22.8 Å². The lowest BCUT2D eigenvalue weighted by molar-refractivity contribution is -0.136. The maximum absolute atomic E-state index is 12.4. The molecule has 0 unspecified atom stereocenters. The first-order valence-corrected chi connectivity index (χ1v) is 9.77. The quantitative estimate of drug-likeness (QED) is 0.416. The van der Waals surface area contributed by atoms with Gasteiger partial charge in [-0.2, -0.15) is 0 Å². The monoisotopic (exact) mass is 418 g/mol. The highest BCUT2D eigenvalue weighted by molar-refractivity contribution is 6.39.